The number of aromatic nitrogens is 1. The normalized spacial score (nSPS) is 20.4. The van der Waals surface area contributed by atoms with E-state index in [1.54, 1.807) is 0 Å². The van der Waals surface area contributed by atoms with E-state index in [-0.39, 0.29) is 23.8 Å². The van der Waals surface area contributed by atoms with Gasteiger partial charge in [-0.3, -0.25) is 9.59 Å². The monoisotopic (exact) mass is 338 g/mol. The summed E-state index contributed by atoms with van der Waals surface area (Å²) in [6.07, 6.45) is 1.56. The van der Waals surface area contributed by atoms with Gasteiger partial charge in [0.2, 0.25) is 5.91 Å². The van der Waals surface area contributed by atoms with Crippen LogP contribution < -0.4 is 5.43 Å². The number of nitrogens with zero attached hydrogens (tertiary/aromatic N) is 2. The van der Waals surface area contributed by atoms with Crippen molar-refractivity contribution in [3.8, 4) is 0 Å². The molecule has 0 radical (unpaired) electrons. The van der Waals surface area contributed by atoms with Crippen molar-refractivity contribution < 1.29 is 9.59 Å². The van der Waals surface area contributed by atoms with Crippen LogP contribution in [0, 0.1) is 5.92 Å². The number of carbonyl (C=O) groups excluding carboxylic acids is 2. The molecule has 4 rings (SSSR count). The zero-order valence-electron chi connectivity index (χ0n) is 14.5. The first-order valence-corrected chi connectivity index (χ1v) is 8.82. The first kappa shape index (κ1) is 15.9. The second kappa shape index (κ2) is 6.02. The minimum absolute atomic E-state index is 0.0102. The summed E-state index contributed by atoms with van der Waals surface area (Å²) in [6, 6.07) is 8.29. The van der Waals surface area contributed by atoms with Crippen LogP contribution in [-0.4, -0.2) is 34.0 Å². The third-order valence-electron chi connectivity index (χ3n) is 5.12. The molecule has 2 N–H and O–H groups in total. The Morgan fingerprint density at radius 1 is 1.24 bits per heavy atom. The molecular weight excluding hydrogens is 316 g/mol. The number of rotatable bonds is 2. The molecule has 25 heavy (non-hydrogen) atoms. The van der Waals surface area contributed by atoms with Gasteiger partial charge < -0.3 is 9.88 Å². The smallest absolute Gasteiger partial charge is 0.270 e. The quantitative estimate of drug-likeness (QED) is 0.882. The molecule has 2 amide bonds. The van der Waals surface area contributed by atoms with Crippen LogP contribution in [-0.2, 0) is 16.0 Å². The van der Waals surface area contributed by atoms with E-state index in [9.17, 15) is 9.59 Å². The van der Waals surface area contributed by atoms with Crippen LogP contribution in [0.3, 0.4) is 0 Å². The molecule has 0 spiro atoms. The second-order valence-corrected chi connectivity index (χ2v) is 7.09. The summed E-state index contributed by atoms with van der Waals surface area (Å²) in [6.45, 7) is 4.94. The molecule has 3 heterocycles. The minimum atomic E-state index is -0.131. The highest BCUT2D eigenvalue weighted by Crippen LogP contribution is 2.38. The highest BCUT2D eigenvalue weighted by atomic mass is 16.2. The van der Waals surface area contributed by atoms with Gasteiger partial charge in [-0.2, -0.15) is 5.10 Å². The lowest BCUT2D eigenvalue weighted by Gasteiger charge is -2.38. The van der Waals surface area contributed by atoms with Gasteiger partial charge in [-0.1, -0.05) is 32.0 Å². The summed E-state index contributed by atoms with van der Waals surface area (Å²) in [5.41, 5.74) is 6.45. The molecule has 1 aromatic heterocycles. The number of hydrogen-bond donors (Lipinski definition) is 2. The standard InChI is InChI=1S/C19H22N4O2/c1-11(2)18-17-13(12-5-3-4-6-14(12)20-17)9-10-23(18)19(25)15-7-8-16(24)22-21-15/h3-6,11,18,20H,7-10H2,1-2H3,(H,22,24)/t18-/m0/s1. The summed E-state index contributed by atoms with van der Waals surface area (Å²) in [5.74, 6) is 0.0753. The van der Waals surface area contributed by atoms with E-state index in [4.69, 9.17) is 0 Å². The van der Waals surface area contributed by atoms with Crippen LogP contribution in [0.1, 0.15) is 44.0 Å². The zero-order chi connectivity index (χ0) is 17.6. The van der Waals surface area contributed by atoms with Crippen LogP contribution in [0.4, 0.5) is 0 Å². The molecule has 0 aliphatic carbocycles. The van der Waals surface area contributed by atoms with Crippen molar-refractivity contribution in [3.63, 3.8) is 0 Å². The molecule has 6 nitrogen and oxygen atoms in total. The Morgan fingerprint density at radius 2 is 2.04 bits per heavy atom. The largest absolute Gasteiger partial charge is 0.356 e. The van der Waals surface area contributed by atoms with E-state index in [0.29, 0.717) is 25.1 Å². The first-order chi connectivity index (χ1) is 12.1. The van der Waals surface area contributed by atoms with Crippen molar-refractivity contribution >= 4 is 28.4 Å². The summed E-state index contributed by atoms with van der Waals surface area (Å²) < 4.78 is 0. The van der Waals surface area contributed by atoms with E-state index in [0.717, 1.165) is 17.6 Å². The minimum Gasteiger partial charge on any atom is -0.356 e. The molecule has 130 valence electrons. The molecular formula is C19H22N4O2. The molecule has 0 saturated heterocycles. The zero-order valence-corrected chi connectivity index (χ0v) is 14.5. The number of fused-ring (bicyclic) bond motifs is 3. The van der Waals surface area contributed by atoms with E-state index in [1.165, 1.54) is 10.9 Å². The predicted octanol–water partition coefficient (Wildman–Crippen LogP) is 2.52. The number of benzene rings is 1. The number of hydrogen-bond acceptors (Lipinski definition) is 3. The van der Waals surface area contributed by atoms with E-state index >= 15 is 0 Å². The van der Waals surface area contributed by atoms with E-state index < -0.39 is 0 Å². The SMILES string of the molecule is CC(C)[C@H]1c2[nH]c3ccccc3c2CCN1C(=O)C1=NNC(=O)CC1. The first-order valence-electron chi connectivity index (χ1n) is 8.82. The fourth-order valence-corrected chi connectivity index (χ4v) is 3.99. The molecule has 2 aliphatic heterocycles. The van der Waals surface area contributed by atoms with Gasteiger partial charge in [0, 0.05) is 36.0 Å². The molecule has 1 aromatic carbocycles. The second-order valence-electron chi connectivity index (χ2n) is 7.09. The van der Waals surface area contributed by atoms with Crippen LogP contribution in [0.15, 0.2) is 29.4 Å². The van der Waals surface area contributed by atoms with Gasteiger partial charge in [0.1, 0.15) is 5.71 Å². The van der Waals surface area contributed by atoms with Crippen molar-refractivity contribution in [1.29, 1.82) is 0 Å². The third-order valence-corrected chi connectivity index (χ3v) is 5.12. The average Bonchev–Trinajstić information content (AvgIpc) is 2.99. The van der Waals surface area contributed by atoms with Crippen molar-refractivity contribution in [1.82, 2.24) is 15.3 Å². The Hall–Kier alpha value is -2.63. The Bertz CT molecular complexity index is 881. The molecule has 2 aliphatic rings. The molecule has 1 atom stereocenters. The Morgan fingerprint density at radius 3 is 2.76 bits per heavy atom. The molecule has 2 aromatic rings. The molecule has 6 heteroatoms. The van der Waals surface area contributed by atoms with Gasteiger partial charge in [0.15, 0.2) is 0 Å². The van der Waals surface area contributed by atoms with Crippen molar-refractivity contribution in [3.05, 3.63) is 35.5 Å². The fourth-order valence-electron chi connectivity index (χ4n) is 3.99. The Kier molecular flexibility index (Phi) is 3.82. The lowest BCUT2D eigenvalue weighted by Crippen LogP contribution is -2.46. The summed E-state index contributed by atoms with van der Waals surface area (Å²) in [5, 5.41) is 5.24. The lowest BCUT2D eigenvalue weighted by molar-refractivity contribution is -0.128. The highest BCUT2D eigenvalue weighted by Gasteiger charge is 2.37. The number of H-pyrrole nitrogens is 1. The number of hydrazone groups is 1. The molecule has 0 bridgehead atoms. The summed E-state index contributed by atoms with van der Waals surface area (Å²) in [4.78, 5) is 29.8. The predicted molar refractivity (Wildman–Crippen MR) is 96.1 cm³/mol. The molecule has 0 fully saturated rings. The van der Waals surface area contributed by atoms with E-state index in [2.05, 4.69) is 47.6 Å². The van der Waals surface area contributed by atoms with Crippen molar-refractivity contribution in [2.75, 3.05) is 6.54 Å². The lowest BCUT2D eigenvalue weighted by atomic mass is 9.89. The number of para-hydroxylation sites is 1. The third kappa shape index (κ3) is 2.62. The van der Waals surface area contributed by atoms with Gasteiger partial charge in [0.05, 0.1) is 6.04 Å². The molecule has 0 unspecified atom stereocenters. The number of nitrogens with one attached hydrogen (secondary N) is 2. The topological polar surface area (TPSA) is 77.6 Å². The Balaban J connectivity index is 1.72. The van der Waals surface area contributed by atoms with Gasteiger partial charge in [-0.05, 0) is 24.0 Å². The van der Waals surface area contributed by atoms with Gasteiger partial charge in [-0.25, -0.2) is 5.43 Å². The van der Waals surface area contributed by atoms with Crippen LogP contribution in [0.5, 0.6) is 0 Å². The van der Waals surface area contributed by atoms with Crippen molar-refractivity contribution in [2.24, 2.45) is 11.0 Å². The van der Waals surface area contributed by atoms with Crippen LogP contribution in [0.2, 0.25) is 0 Å². The highest BCUT2D eigenvalue weighted by molar-refractivity contribution is 6.39. The van der Waals surface area contributed by atoms with Crippen molar-refractivity contribution in [2.45, 2.75) is 39.2 Å². The summed E-state index contributed by atoms with van der Waals surface area (Å²) >= 11 is 0. The van der Waals surface area contributed by atoms with Gasteiger partial charge in [-0.15, -0.1) is 0 Å². The number of amides is 2. The van der Waals surface area contributed by atoms with Crippen LogP contribution >= 0.6 is 0 Å². The maximum atomic E-state index is 13.0. The van der Waals surface area contributed by atoms with E-state index in [1.807, 2.05) is 11.0 Å². The van der Waals surface area contributed by atoms with Gasteiger partial charge >= 0.3 is 0 Å². The Labute approximate surface area is 146 Å². The maximum Gasteiger partial charge on any atom is 0.270 e. The fraction of sp³-hybridized carbons (Fsp3) is 0.421. The molecule has 0 saturated carbocycles. The summed E-state index contributed by atoms with van der Waals surface area (Å²) in [7, 11) is 0. The van der Waals surface area contributed by atoms with Gasteiger partial charge in [0.25, 0.3) is 5.91 Å². The number of carbonyl (C=O) groups is 2. The maximum absolute atomic E-state index is 13.0. The van der Waals surface area contributed by atoms with Crippen LogP contribution in [0.25, 0.3) is 10.9 Å². The average molecular weight is 338 g/mol. The number of aromatic amines is 1.